The predicted octanol–water partition coefficient (Wildman–Crippen LogP) is 2.42. The van der Waals surface area contributed by atoms with Crippen molar-refractivity contribution >= 4 is 5.97 Å². The summed E-state index contributed by atoms with van der Waals surface area (Å²) in [5.74, 6) is -1.00. The molecule has 0 N–H and O–H groups in total. The van der Waals surface area contributed by atoms with E-state index in [9.17, 15) is 4.79 Å². The van der Waals surface area contributed by atoms with Crippen LogP contribution >= 0.6 is 0 Å². The molecule has 2 saturated heterocycles. The SMILES string of the molecule is CCCCOC(=O)C1CC2(CCO1)OC(C)C(C)(C)O2. The molecule has 5 nitrogen and oxygen atoms in total. The first-order valence-electron chi connectivity index (χ1n) is 7.55. The van der Waals surface area contributed by atoms with E-state index in [0.29, 0.717) is 26.1 Å². The Morgan fingerprint density at radius 2 is 2.15 bits per heavy atom. The van der Waals surface area contributed by atoms with Gasteiger partial charge in [-0.05, 0) is 27.2 Å². The molecule has 0 aromatic heterocycles. The number of ether oxygens (including phenoxy) is 4. The Labute approximate surface area is 120 Å². The molecular weight excluding hydrogens is 260 g/mol. The normalized spacial score (nSPS) is 36.2. The van der Waals surface area contributed by atoms with E-state index in [1.165, 1.54) is 0 Å². The van der Waals surface area contributed by atoms with Gasteiger partial charge in [0, 0.05) is 12.8 Å². The molecule has 20 heavy (non-hydrogen) atoms. The monoisotopic (exact) mass is 286 g/mol. The van der Waals surface area contributed by atoms with Crippen molar-refractivity contribution in [3.8, 4) is 0 Å². The maximum absolute atomic E-state index is 12.0. The number of unbranched alkanes of at least 4 members (excludes halogenated alkanes) is 1. The lowest BCUT2D eigenvalue weighted by Crippen LogP contribution is -2.46. The van der Waals surface area contributed by atoms with E-state index in [-0.39, 0.29) is 17.7 Å². The molecule has 3 unspecified atom stereocenters. The number of rotatable bonds is 4. The summed E-state index contributed by atoms with van der Waals surface area (Å²) in [5.41, 5.74) is -0.339. The van der Waals surface area contributed by atoms with Gasteiger partial charge in [0.05, 0.1) is 24.9 Å². The molecule has 116 valence electrons. The van der Waals surface area contributed by atoms with Crippen molar-refractivity contribution in [1.82, 2.24) is 0 Å². The fourth-order valence-corrected chi connectivity index (χ4v) is 2.61. The van der Waals surface area contributed by atoms with Crippen LogP contribution in [0.1, 0.15) is 53.4 Å². The quantitative estimate of drug-likeness (QED) is 0.587. The zero-order valence-electron chi connectivity index (χ0n) is 12.9. The highest BCUT2D eigenvalue weighted by atomic mass is 16.8. The van der Waals surface area contributed by atoms with Gasteiger partial charge >= 0.3 is 5.97 Å². The smallest absolute Gasteiger partial charge is 0.335 e. The molecule has 0 radical (unpaired) electrons. The van der Waals surface area contributed by atoms with Gasteiger partial charge in [-0.1, -0.05) is 13.3 Å². The summed E-state index contributed by atoms with van der Waals surface area (Å²) in [5, 5.41) is 0. The molecular formula is C15H26O5. The van der Waals surface area contributed by atoms with Gasteiger partial charge < -0.3 is 18.9 Å². The molecule has 1 spiro atoms. The average molecular weight is 286 g/mol. The van der Waals surface area contributed by atoms with E-state index >= 15 is 0 Å². The topological polar surface area (TPSA) is 54.0 Å². The zero-order chi connectivity index (χ0) is 14.8. The average Bonchev–Trinajstić information content (AvgIpc) is 2.59. The minimum Gasteiger partial charge on any atom is -0.464 e. The molecule has 2 rings (SSSR count). The van der Waals surface area contributed by atoms with Crippen molar-refractivity contribution in [2.45, 2.75) is 77.0 Å². The third kappa shape index (κ3) is 3.32. The van der Waals surface area contributed by atoms with Gasteiger partial charge in [-0.3, -0.25) is 0 Å². The lowest BCUT2D eigenvalue weighted by atomic mass is 10.0. The van der Waals surface area contributed by atoms with Crippen molar-refractivity contribution in [2.75, 3.05) is 13.2 Å². The highest BCUT2D eigenvalue weighted by Crippen LogP contribution is 2.43. The minimum atomic E-state index is -0.699. The summed E-state index contributed by atoms with van der Waals surface area (Å²) in [4.78, 5) is 12.0. The largest absolute Gasteiger partial charge is 0.464 e. The zero-order valence-corrected chi connectivity index (χ0v) is 12.9. The molecule has 2 aliphatic heterocycles. The Kier molecular flexibility index (Phi) is 4.72. The molecule has 0 saturated carbocycles. The molecule has 0 aliphatic carbocycles. The fourth-order valence-electron chi connectivity index (χ4n) is 2.61. The van der Waals surface area contributed by atoms with Crippen molar-refractivity contribution < 1.29 is 23.7 Å². The maximum Gasteiger partial charge on any atom is 0.335 e. The Morgan fingerprint density at radius 1 is 1.40 bits per heavy atom. The standard InChI is InChI=1S/C15H26O5/c1-5-6-8-18-13(16)12-10-15(7-9-17-12)19-11(2)14(3,4)20-15/h11-12H,5-10H2,1-4H3. The first-order chi connectivity index (χ1) is 9.38. The van der Waals surface area contributed by atoms with Crippen molar-refractivity contribution in [1.29, 1.82) is 0 Å². The van der Waals surface area contributed by atoms with Crippen LogP contribution in [-0.4, -0.2) is 42.8 Å². The van der Waals surface area contributed by atoms with E-state index < -0.39 is 11.9 Å². The van der Waals surface area contributed by atoms with Gasteiger partial charge in [0.1, 0.15) is 0 Å². The summed E-state index contributed by atoms with van der Waals surface area (Å²) in [6.45, 7) is 8.98. The predicted molar refractivity (Wildman–Crippen MR) is 73.3 cm³/mol. The van der Waals surface area contributed by atoms with E-state index in [1.807, 2.05) is 20.8 Å². The van der Waals surface area contributed by atoms with Gasteiger partial charge in [-0.15, -0.1) is 0 Å². The lowest BCUT2D eigenvalue weighted by molar-refractivity contribution is -0.242. The number of carbonyl (C=O) groups excluding carboxylic acids is 1. The van der Waals surface area contributed by atoms with Crippen molar-refractivity contribution in [3.05, 3.63) is 0 Å². The van der Waals surface area contributed by atoms with Crippen LogP contribution in [0.3, 0.4) is 0 Å². The summed E-state index contributed by atoms with van der Waals surface area (Å²) in [6.07, 6.45) is 2.35. The second-order valence-corrected chi connectivity index (χ2v) is 6.21. The van der Waals surface area contributed by atoms with E-state index in [4.69, 9.17) is 18.9 Å². The van der Waals surface area contributed by atoms with Crippen LogP contribution in [0.4, 0.5) is 0 Å². The van der Waals surface area contributed by atoms with Gasteiger partial charge in [0.2, 0.25) is 0 Å². The van der Waals surface area contributed by atoms with Crippen LogP contribution in [0.5, 0.6) is 0 Å². The molecule has 2 aliphatic rings. The van der Waals surface area contributed by atoms with Crippen molar-refractivity contribution in [3.63, 3.8) is 0 Å². The Balaban J connectivity index is 1.94. The van der Waals surface area contributed by atoms with Crippen molar-refractivity contribution in [2.24, 2.45) is 0 Å². The Morgan fingerprint density at radius 3 is 2.75 bits per heavy atom. The molecule has 0 aromatic carbocycles. The number of carbonyl (C=O) groups is 1. The first-order valence-corrected chi connectivity index (χ1v) is 7.55. The molecule has 0 amide bonds. The highest BCUT2D eigenvalue weighted by molar-refractivity contribution is 5.74. The number of hydrogen-bond donors (Lipinski definition) is 0. The summed E-state index contributed by atoms with van der Waals surface area (Å²) in [7, 11) is 0. The second kappa shape index (κ2) is 6.00. The van der Waals surface area contributed by atoms with Crippen LogP contribution < -0.4 is 0 Å². The molecule has 0 bridgehead atoms. The Hall–Kier alpha value is -0.650. The van der Waals surface area contributed by atoms with E-state index in [0.717, 1.165) is 12.8 Å². The number of esters is 1. The van der Waals surface area contributed by atoms with Gasteiger partial charge in [-0.2, -0.15) is 0 Å². The van der Waals surface area contributed by atoms with E-state index in [1.54, 1.807) is 0 Å². The maximum atomic E-state index is 12.0. The van der Waals surface area contributed by atoms with Gasteiger partial charge in [-0.25, -0.2) is 4.79 Å². The van der Waals surface area contributed by atoms with Gasteiger partial charge in [0.15, 0.2) is 11.9 Å². The van der Waals surface area contributed by atoms with Crippen LogP contribution in [0.15, 0.2) is 0 Å². The third-order valence-corrected chi connectivity index (χ3v) is 4.12. The number of hydrogen-bond acceptors (Lipinski definition) is 5. The fraction of sp³-hybridized carbons (Fsp3) is 0.933. The lowest BCUT2D eigenvalue weighted by Gasteiger charge is -2.36. The van der Waals surface area contributed by atoms with Gasteiger partial charge in [0.25, 0.3) is 0 Å². The van der Waals surface area contributed by atoms with Crippen LogP contribution in [0, 0.1) is 0 Å². The highest BCUT2D eigenvalue weighted by Gasteiger charge is 2.53. The summed E-state index contributed by atoms with van der Waals surface area (Å²) < 4.78 is 22.8. The van der Waals surface area contributed by atoms with E-state index in [2.05, 4.69) is 6.92 Å². The first kappa shape index (κ1) is 15.7. The minimum absolute atomic E-state index is 0.00244. The molecule has 2 fully saturated rings. The molecule has 5 heteroatoms. The molecule has 0 aromatic rings. The van der Waals surface area contributed by atoms with Crippen LogP contribution in [-0.2, 0) is 23.7 Å². The summed E-state index contributed by atoms with van der Waals surface area (Å²) in [6, 6.07) is 0. The summed E-state index contributed by atoms with van der Waals surface area (Å²) >= 11 is 0. The Bertz CT molecular complexity index is 354. The second-order valence-electron chi connectivity index (χ2n) is 6.21. The molecule has 3 atom stereocenters. The third-order valence-electron chi connectivity index (χ3n) is 4.12. The van der Waals surface area contributed by atoms with Crippen LogP contribution in [0.2, 0.25) is 0 Å². The van der Waals surface area contributed by atoms with Crippen LogP contribution in [0.25, 0.3) is 0 Å². The molecule has 2 heterocycles.